The van der Waals surface area contributed by atoms with Gasteiger partial charge in [0.15, 0.2) is 6.61 Å². The van der Waals surface area contributed by atoms with Crippen molar-refractivity contribution in [2.45, 2.75) is 6.92 Å². The maximum atomic E-state index is 12.9. The predicted molar refractivity (Wildman–Crippen MR) is 66.2 cm³/mol. The summed E-state index contributed by atoms with van der Waals surface area (Å²) in [5, 5.41) is 11.3. The summed E-state index contributed by atoms with van der Waals surface area (Å²) in [6.07, 6.45) is 0. The van der Waals surface area contributed by atoms with Gasteiger partial charge in [0.2, 0.25) is 0 Å². The first-order chi connectivity index (χ1) is 8.52. The van der Waals surface area contributed by atoms with Gasteiger partial charge in [0.1, 0.15) is 11.6 Å². The largest absolute Gasteiger partial charge is 0.484 e. The first-order valence-corrected chi connectivity index (χ1v) is 5.86. The second-order valence-corrected chi connectivity index (χ2v) is 4.36. The zero-order valence-electron chi connectivity index (χ0n) is 9.95. The summed E-state index contributed by atoms with van der Waals surface area (Å²) in [4.78, 5) is 11.4. The summed E-state index contributed by atoms with van der Waals surface area (Å²) in [7, 11) is 0. The van der Waals surface area contributed by atoms with Crippen molar-refractivity contribution >= 4 is 17.5 Å². The molecule has 1 rings (SSSR count). The zero-order chi connectivity index (χ0) is 13.5. The molecule has 18 heavy (non-hydrogen) atoms. The molecule has 0 radical (unpaired) electrons. The summed E-state index contributed by atoms with van der Waals surface area (Å²) in [6.45, 7) is 2.01. The van der Waals surface area contributed by atoms with Gasteiger partial charge >= 0.3 is 0 Å². The van der Waals surface area contributed by atoms with Crippen molar-refractivity contribution in [2.75, 3.05) is 19.8 Å². The quantitative estimate of drug-likeness (QED) is 0.829. The molecule has 2 N–H and O–H groups in total. The van der Waals surface area contributed by atoms with E-state index in [0.717, 1.165) is 0 Å². The van der Waals surface area contributed by atoms with Crippen molar-refractivity contribution in [3.05, 3.63) is 29.0 Å². The zero-order valence-corrected chi connectivity index (χ0v) is 10.7. The molecular weight excluding hydrogens is 261 g/mol. The van der Waals surface area contributed by atoms with Crippen LogP contribution in [0.1, 0.15) is 6.92 Å². The Kier molecular flexibility index (Phi) is 5.88. The minimum atomic E-state index is -0.537. The van der Waals surface area contributed by atoms with E-state index in [1.165, 1.54) is 18.2 Å². The van der Waals surface area contributed by atoms with Crippen LogP contribution < -0.4 is 10.1 Å². The number of ether oxygens (including phenoxy) is 1. The van der Waals surface area contributed by atoms with E-state index in [1.54, 1.807) is 6.92 Å². The third-order valence-electron chi connectivity index (χ3n) is 2.22. The highest BCUT2D eigenvalue weighted by atomic mass is 35.5. The second kappa shape index (κ2) is 7.18. The molecule has 1 unspecified atom stereocenters. The van der Waals surface area contributed by atoms with Crippen LogP contribution in [0.3, 0.4) is 0 Å². The van der Waals surface area contributed by atoms with Crippen LogP contribution in [-0.2, 0) is 4.79 Å². The topological polar surface area (TPSA) is 58.6 Å². The second-order valence-electron chi connectivity index (χ2n) is 3.96. The summed E-state index contributed by atoms with van der Waals surface area (Å²) in [6, 6.07) is 3.87. The van der Waals surface area contributed by atoms with Gasteiger partial charge in [-0.05, 0) is 18.1 Å². The van der Waals surface area contributed by atoms with Crippen molar-refractivity contribution in [3.8, 4) is 5.75 Å². The monoisotopic (exact) mass is 275 g/mol. The average Bonchev–Trinajstić information content (AvgIpc) is 2.37. The maximum Gasteiger partial charge on any atom is 0.257 e. The van der Waals surface area contributed by atoms with Crippen LogP contribution in [0.25, 0.3) is 0 Å². The van der Waals surface area contributed by atoms with Gasteiger partial charge in [-0.15, -0.1) is 0 Å². The lowest BCUT2D eigenvalue weighted by Crippen LogP contribution is -2.33. The van der Waals surface area contributed by atoms with Gasteiger partial charge in [0.25, 0.3) is 5.91 Å². The SMILES string of the molecule is CC(CO)CNC(=O)COc1ccc(F)c(Cl)c1. The number of nitrogens with one attached hydrogen (secondary N) is 1. The molecule has 0 aliphatic carbocycles. The molecule has 0 saturated carbocycles. The van der Waals surface area contributed by atoms with Crippen LogP contribution >= 0.6 is 11.6 Å². The average molecular weight is 276 g/mol. The molecule has 0 aliphatic rings. The molecule has 0 aromatic heterocycles. The number of benzene rings is 1. The Hall–Kier alpha value is -1.33. The molecule has 1 aromatic rings. The minimum Gasteiger partial charge on any atom is -0.484 e. The van der Waals surface area contributed by atoms with Gasteiger partial charge in [0, 0.05) is 19.2 Å². The van der Waals surface area contributed by atoms with Gasteiger partial charge in [-0.25, -0.2) is 4.39 Å². The fourth-order valence-corrected chi connectivity index (χ4v) is 1.29. The molecule has 100 valence electrons. The lowest BCUT2D eigenvalue weighted by molar-refractivity contribution is -0.123. The lowest BCUT2D eigenvalue weighted by Gasteiger charge is -2.10. The van der Waals surface area contributed by atoms with Crippen molar-refractivity contribution < 1.29 is 19.0 Å². The van der Waals surface area contributed by atoms with Crippen LogP contribution in [0.15, 0.2) is 18.2 Å². The number of aliphatic hydroxyl groups excluding tert-OH is 1. The van der Waals surface area contributed by atoms with E-state index in [1.807, 2.05) is 0 Å². The smallest absolute Gasteiger partial charge is 0.257 e. The third-order valence-corrected chi connectivity index (χ3v) is 2.51. The fraction of sp³-hybridized carbons (Fsp3) is 0.417. The Morgan fingerprint density at radius 3 is 2.94 bits per heavy atom. The fourth-order valence-electron chi connectivity index (χ4n) is 1.12. The van der Waals surface area contributed by atoms with Crippen molar-refractivity contribution in [1.29, 1.82) is 0 Å². The molecule has 0 heterocycles. The molecule has 1 amide bonds. The van der Waals surface area contributed by atoms with Crippen molar-refractivity contribution in [2.24, 2.45) is 5.92 Å². The molecule has 0 fully saturated rings. The number of hydrogen-bond acceptors (Lipinski definition) is 3. The summed E-state index contributed by atoms with van der Waals surface area (Å²) >= 11 is 5.57. The van der Waals surface area contributed by atoms with Crippen LogP contribution in [0.5, 0.6) is 5.75 Å². The van der Waals surface area contributed by atoms with Crippen LogP contribution in [-0.4, -0.2) is 30.8 Å². The Morgan fingerprint density at radius 1 is 1.61 bits per heavy atom. The summed E-state index contributed by atoms with van der Waals surface area (Å²) < 4.78 is 18.0. The Labute approximate surface area is 110 Å². The van der Waals surface area contributed by atoms with Crippen LogP contribution in [0.4, 0.5) is 4.39 Å². The molecule has 6 heteroatoms. The third kappa shape index (κ3) is 4.89. The van der Waals surface area contributed by atoms with Crippen LogP contribution in [0.2, 0.25) is 5.02 Å². The number of halogens is 2. The summed E-state index contributed by atoms with van der Waals surface area (Å²) in [5.74, 6) is -0.526. The van der Waals surface area contributed by atoms with Gasteiger partial charge in [0.05, 0.1) is 5.02 Å². The standard InChI is InChI=1S/C12H15ClFNO3/c1-8(6-16)5-15-12(17)7-18-9-2-3-11(14)10(13)4-9/h2-4,8,16H,5-7H2,1H3,(H,15,17). The van der Waals surface area contributed by atoms with Gasteiger partial charge < -0.3 is 15.2 Å². The van der Waals surface area contributed by atoms with E-state index >= 15 is 0 Å². The van der Waals surface area contributed by atoms with E-state index in [9.17, 15) is 9.18 Å². The highest BCUT2D eigenvalue weighted by molar-refractivity contribution is 6.30. The van der Waals surface area contributed by atoms with E-state index in [2.05, 4.69) is 5.32 Å². The number of rotatable bonds is 6. The molecule has 0 spiro atoms. The normalized spacial score (nSPS) is 12.0. The Balaban J connectivity index is 2.36. The van der Waals surface area contributed by atoms with Gasteiger partial charge in [-0.2, -0.15) is 0 Å². The molecule has 4 nitrogen and oxygen atoms in total. The first kappa shape index (κ1) is 14.7. The molecule has 0 bridgehead atoms. The molecular formula is C12H15ClFNO3. The highest BCUT2D eigenvalue weighted by Crippen LogP contribution is 2.20. The molecule has 1 atom stereocenters. The molecule has 0 saturated heterocycles. The van der Waals surface area contributed by atoms with Gasteiger partial charge in [-0.1, -0.05) is 18.5 Å². The van der Waals surface area contributed by atoms with E-state index in [-0.39, 0.29) is 30.1 Å². The number of amides is 1. The number of hydrogen-bond donors (Lipinski definition) is 2. The Bertz CT molecular complexity index is 414. The van der Waals surface area contributed by atoms with Gasteiger partial charge in [-0.3, -0.25) is 4.79 Å². The van der Waals surface area contributed by atoms with Crippen molar-refractivity contribution in [1.82, 2.24) is 5.32 Å². The predicted octanol–water partition coefficient (Wildman–Crippen LogP) is 1.60. The van der Waals surface area contributed by atoms with E-state index in [4.69, 9.17) is 21.4 Å². The number of carbonyl (C=O) groups excluding carboxylic acids is 1. The van der Waals surface area contributed by atoms with E-state index in [0.29, 0.717) is 12.3 Å². The first-order valence-electron chi connectivity index (χ1n) is 5.48. The highest BCUT2D eigenvalue weighted by Gasteiger charge is 2.06. The van der Waals surface area contributed by atoms with Crippen molar-refractivity contribution in [3.63, 3.8) is 0 Å². The minimum absolute atomic E-state index is 0.00536. The Morgan fingerprint density at radius 2 is 2.33 bits per heavy atom. The maximum absolute atomic E-state index is 12.9. The lowest BCUT2D eigenvalue weighted by atomic mass is 10.2. The number of aliphatic hydroxyl groups is 1. The molecule has 0 aliphatic heterocycles. The van der Waals surface area contributed by atoms with E-state index < -0.39 is 5.82 Å². The van der Waals surface area contributed by atoms with Crippen LogP contribution in [0, 0.1) is 11.7 Å². The molecule has 1 aromatic carbocycles. The number of carbonyl (C=O) groups is 1. The summed E-state index contributed by atoms with van der Waals surface area (Å²) in [5.41, 5.74) is 0.